The van der Waals surface area contributed by atoms with Crippen LogP contribution >= 0.6 is 0 Å². The van der Waals surface area contributed by atoms with Gasteiger partial charge in [0, 0.05) is 17.7 Å². The highest BCUT2D eigenvalue weighted by atomic mass is 19.1. The minimum atomic E-state index is -0.291. The lowest BCUT2D eigenvalue weighted by Gasteiger charge is -2.11. The standard InChI is InChI=1S/C22H16F2N2/c23-19-10-6-17(7-11-19)21-22(18-8-12-20(24)13-9-18)26(15-25-21)14-16-4-2-1-3-5-16/h1-13,15H,14H2. The maximum absolute atomic E-state index is 13.4. The van der Waals surface area contributed by atoms with Crippen molar-refractivity contribution in [1.29, 1.82) is 0 Å². The van der Waals surface area contributed by atoms with E-state index in [9.17, 15) is 8.78 Å². The van der Waals surface area contributed by atoms with Crippen LogP contribution in [0.5, 0.6) is 0 Å². The van der Waals surface area contributed by atoms with Gasteiger partial charge < -0.3 is 4.57 Å². The summed E-state index contributed by atoms with van der Waals surface area (Å²) in [6, 6.07) is 22.6. The molecule has 1 heterocycles. The van der Waals surface area contributed by atoms with E-state index < -0.39 is 0 Å². The van der Waals surface area contributed by atoms with Gasteiger partial charge in [0.2, 0.25) is 0 Å². The van der Waals surface area contributed by atoms with E-state index in [0.29, 0.717) is 6.54 Å². The molecule has 0 saturated heterocycles. The molecule has 3 aromatic carbocycles. The summed E-state index contributed by atoms with van der Waals surface area (Å²) >= 11 is 0. The SMILES string of the molecule is Fc1ccc(-c2ncn(Cc3ccccc3)c2-c2ccc(F)cc2)cc1. The summed E-state index contributed by atoms with van der Waals surface area (Å²) in [6.07, 6.45) is 1.77. The predicted molar refractivity (Wildman–Crippen MR) is 98.6 cm³/mol. The maximum Gasteiger partial charge on any atom is 0.123 e. The van der Waals surface area contributed by atoms with Gasteiger partial charge in [0.25, 0.3) is 0 Å². The Kier molecular flexibility index (Phi) is 4.32. The Morgan fingerprint density at radius 2 is 1.27 bits per heavy atom. The van der Waals surface area contributed by atoms with E-state index in [4.69, 9.17) is 0 Å². The fraction of sp³-hybridized carbons (Fsp3) is 0.0455. The fourth-order valence-electron chi connectivity index (χ4n) is 3.01. The first-order chi connectivity index (χ1) is 12.7. The molecular weight excluding hydrogens is 330 g/mol. The van der Waals surface area contributed by atoms with Crippen LogP contribution in [0, 0.1) is 11.6 Å². The predicted octanol–water partition coefficient (Wildman–Crippen LogP) is 5.54. The lowest BCUT2D eigenvalue weighted by atomic mass is 10.0. The van der Waals surface area contributed by atoms with Gasteiger partial charge in [0.05, 0.1) is 17.7 Å². The van der Waals surface area contributed by atoms with Crippen LogP contribution in [0.2, 0.25) is 0 Å². The zero-order valence-electron chi connectivity index (χ0n) is 13.9. The Morgan fingerprint density at radius 3 is 1.88 bits per heavy atom. The Balaban J connectivity index is 1.84. The number of imidazole rings is 1. The molecule has 26 heavy (non-hydrogen) atoms. The third kappa shape index (κ3) is 3.26. The van der Waals surface area contributed by atoms with Crippen molar-refractivity contribution >= 4 is 0 Å². The molecule has 0 bridgehead atoms. The molecule has 0 radical (unpaired) electrons. The van der Waals surface area contributed by atoms with E-state index in [-0.39, 0.29) is 11.6 Å². The van der Waals surface area contributed by atoms with Gasteiger partial charge in [0.1, 0.15) is 11.6 Å². The minimum absolute atomic E-state index is 0.286. The van der Waals surface area contributed by atoms with Gasteiger partial charge in [-0.05, 0) is 54.1 Å². The summed E-state index contributed by atoms with van der Waals surface area (Å²) in [5, 5.41) is 0. The van der Waals surface area contributed by atoms with Crippen LogP contribution in [0.25, 0.3) is 22.5 Å². The normalized spacial score (nSPS) is 10.8. The second-order valence-electron chi connectivity index (χ2n) is 6.07. The summed E-state index contributed by atoms with van der Waals surface area (Å²) in [4.78, 5) is 4.56. The summed E-state index contributed by atoms with van der Waals surface area (Å²) in [7, 11) is 0. The van der Waals surface area contributed by atoms with Gasteiger partial charge in [-0.2, -0.15) is 0 Å². The lowest BCUT2D eigenvalue weighted by Crippen LogP contribution is -2.01. The average molecular weight is 346 g/mol. The fourth-order valence-corrected chi connectivity index (χ4v) is 3.01. The van der Waals surface area contributed by atoms with Crippen LogP contribution in [0.1, 0.15) is 5.56 Å². The van der Waals surface area contributed by atoms with Gasteiger partial charge in [-0.3, -0.25) is 0 Å². The van der Waals surface area contributed by atoms with Crippen molar-refractivity contribution in [1.82, 2.24) is 9.55 Å². The monoisotopic (exact) mass is 346 g/mol. The molecule has 4 aromatic rings. The maximum atomic E-state index is 13.4. The van der Waals surface area contributed by atoms with Crippen molar-refractivity contribution in [3.8, 4) is 22.5 Å². The van der Waals surface area contributed by atoms with E-state index in [2.05, 4.69) is 4.98 Å². The Labute approximate surface area is 150 Å². The first kappa shape index (κ1) is 16.2. The van der Waals surface area contributed by atoms with Crippen LogP contribution in [0.3, 0.4) is 0 Å². The van der Waals surface area contributed by atoms with Crippen molar-refractivity contribution in [2.24, 2.45) is 0 Å². The van der Waals surface area contributed by atoms with E-state index in [1.54, 1.807) is 30.6 Å². The molecule has 0 amide bonds. The summed E-state index contributed by atoms with van der Waals surface area (Å²) in [5.74, 6) is -0.577. The largest absolute Gasteiger partial charge is 0.326 e. The third-order valence-electron chi connectivity index (χ3n) is 4.27. The highest BCUT2D eigenvalue weighted by Crippen LogP contribution is 2.32. The number of rotatable bonds is 4. The van der Waals surface area contributed by atoms with Gasteiger partial charge in [0.15, 0.2) is 0 Å². The van der Waals surface area contributed by atoms with Gasteiger partial charge in [-0.15, -0.1) is 0 Å². The number of hydrogen-bond donors (Lipinski definition) is 0. The lowest BCUT2D eigenvalue weighted by molar-refractivity contribution is 0.627. The van der Waals surface area contributed by atoms with Crippen molar-refractivity contribution in [2.75, 3.05) is 0 Å². The van der Waals surface area contributed by atoms with Crippen molar-refractivity contribution in [3.63, 3.8) is 0 Å². The molecule has 1 aromatic heterocycles. The molecule has 0 atom stereocenters. The van der Waals surface area contributed by atoms with Crippen molar-refractivity contribution in [2.45, 2.75) is 6.54 Å². The molecular formula is C22H16F2N2. The second-order valence-corrected chi connectivity index (χ2v) is 6.07. The highest BCUT2D eigenvalue weighted by molar-refractivity contribution is 5.78. The van der Waals surface area contributed by atoms with E-state index in [1.807, 2.05) is 34.9 Å². The highest BCUT2D eigenvalue weighted by Gasteiger charge is 2.15. The van der Waals surface area contributed by atoms with Crippen LogP contribution in [0.4, 0.5) is 8.78 Å². The number of benzene rings is 3. The van der Waals surface area contributed by atoms with E-state index in [0.717, 1.165) is 28.1 Å². The van der Waals surface area contributed by atoms with E-state index >= 15 is 0 Å². The van der Waals surface area contributed by atoms with Crippen LogP contribution in [-0.2, 0) is 6.54 Å². The first-order valence-electron chi connectivity index (χ1n) is 8.31. The van der Waals surface area contributed by atoms with Crippen LogP contribution in [-0.4, -0.2) is 9.55 Å². The molecule has 0 saturated carbocycles. The molecule has 0 spiro atoms. The topological polar surface area (TPSA) is 17.8 Å². The molecule has 0 aliphatic carbocycles. The average Bonchev–Trinajstić information content (AvgIpc) is 3.07. The molecule has 0 unspecified atom stereocenters. The molecule has 0 aliphatic rings. The molecule has 0 fully saturated rings. The van der Waals surface area contributed by atoms with Crippen molar-refractivity contribution in [3.05, 3.63) is 102 Å². The summed E-state index contributed by atoms with van der Waals surface area (Å²) < 4.78 is 28.7. The Morgan fingerprint density at radius 1 is 0.692 bits per heavy atom. The number of halogens is 2. The molecule has 4 rings (SSSR count). The minimum Gasteiger partial charge on any atom is -0.326 e. The Hall–Kier alpha value is -3.27. The number of aromatic nitrogens is 2. The second kappa shape index (κ2) is 6.92. The Bertz CT molecular complexity index is 1000. The molecule has 4 heteroatoms. The molecule has 0 aliphatic heterocycles. The van der Waals surface area contributed by atoms with Gasteiger partial charge in [-0.25, -0.2) is 13.8 Å². The summed E-state index contributed by atoms with van der Waals surface area (Å²) in [6.45, 7) is 0.641. The zero-order chi connectivity index (χ0) is 17.9. The molecule has 2 nitrogen and oxygen atoms in total. The zero-order valence-corrected chi connectivity index (χ0v) is 13.9. The number of nitrogens with zero attached hydrogens (tertiary/aromatic N) is 2. The van der Waals surface area contributed by atoms with Gasteiger partial charge >= 0.3 is 0 Å². The van der Waals surface area contributed by atoms with Crippen molar-refractivity contribution < 1.29 is 8.78 Å². The summed E-state index contributed by atoms with van der Waals surface area (Å²) in [5.41, 5.74) is 4.43. The smallest absolute Gasteiger partial charge is 0.123 e. The number of hydrogen-bond acceptors (Lipinski definition) is 1. The first-order valence-corrected chi connectivity index (χ1v) is 8.31. The van der Waals surface area contributed by atoms with E-state index in [1.165, 1.54) is 24.3 Å². The third-order valence-corrected chi connectivity index (χ3v) is 4.27. The molecule has 0 N–H and O–H groups in total. The van der Waals surface area contributed by atoms with Crippen LogP contribution in [0.15, 0.2) is 85.2 Å². The van der Waals surface area contributed by atoms with Gasteiger partial charge in [-0.1, -0.05) is 30.3 Å². The molecule has 128 valence electrons. The quantitative estimate of drug-likeness (QED) is 0.474. The van der Waals surface area contributed by atoms with Crippen LogP contribution < -0.4 is 0 Å².